The number of halogens is 4. The monoisotopic (exact) mass is 451 g/mol. The zero-order valence-corrected chi connectivity index (χ0v) is 17.4. The number of sulfonamides is 1. The highest BCUT2D eigenvalue weighted by Gasteiger charge is 2.43. The molecule has 1 saturated heterocycles. The molecule has 0 N–H and O–H groups in total. The molecule has 7 nitrogen and oxygen atoms in total. The van der Waals surface area contributed by atoms with E-state index < -0.39 is 21.9 Å². The highest BCUT2D eigenvalue weighted by molar-refractivity contribution is 7.89. The van der Waals surface area contributed by atoms with Crippen LogP contribution in [-0.2, 0) is 36.2 Å². The van der Waals surface area contributed by atoms with Crippen LogP contribution in [0.15, 0.2) is 11.1 Å². The zero-order chi connectivity index (χ0) is 21.0. The van der Waals surface area contributed by atoms with E-state index in [9.17, 15) is 21.6 Å². The second kappa shape index (κ2) is 7.28. The lowest BCUT2D eigenvalue weighted by atomic mass is 9.92. The summed E-state index contributed by atoms with van der Waals surface area (Å²) in [5.41, 5.74) is -0.602. The molecule has 2 aromatic rings. The van der Waals surface area contributed by atoms with Gasteiger partial charge in [-0.2, -0.15) is 22.6 Å². The molecule has 0 unspecified atom stereocenters. The van der Waals surface area contributed by atoms with Gasteiger partial charge in [0, 0.05) is 39.0 Å². The van der Waals surface area contributed by atoms with E-state index in [1.807, 2.05) is 0 Å². The highest BCUT2D eigenvalue weighted by atomic mass is 35.5. The van der Waals surface area contributed by atoms with Crippen molar-refractivity contribution in [2.75, 3.05) is 13.1 Å². The summed E-state index contributed by atoms with van der Waals surface area (Å²) in [4.78, 5) is 3.82. The average molecular weight is 452 g/mol. The molecular weight excluding hydrogens is 431 g/mol. The Hall–Kier alpha value is -1.59. The van der Waals surface area contributed by atoms with Crippen LogP contribution in [0.1, 0.15) is 48.8 Å². The maximum absolute atomic E-state index is 13.6. The first-order valence-electron chi connectivity index (χ1n) is 9.45. The molecule has 0 radical (unpaired) electrons. The van der Waals surface area contributed by atoms with Crippen molar-refractivity contribution >= 4 is 21.6 Å². The topological polar surface area (TPSA) is 73.0 Å². The minimum Gasteiger partial charge on any atom is -0.331 e. The van der Waals surface area contributed by atoms with E-state index in [4.69, 9.17) is 11.6 Å². The number of piperidine rings is 1. The molecule has 2 aromatic heterocycles. The summed E-state index contributed by atoms with van der Waals surface area (Å²) in [5, 5.41) is 3.87. The Labute approximate surface area is 171 Å². The number of aryl methyl sites for hydroxylation is 2. The second-order valence-electron chi connectivity index (χ2n) is 7.47. The summed E-state index contributed by atoms with van der Waals surface area (Å²) in [7, 11) is -2.31. The van der Waals surface area contributed by atoms with E-state index in [2.05, 4.69) is 10.1 Å². The van der Waals surface area contributed by atoms with E-state index in [-0.39, 0.29) is 34.7 Å². The summed E-state index contributed by atoms with van der Waals surface area (Å²) in [6.45, 7) is 0.767. The van der Waals surface area contributed by atoms with Crippen molar-refractivity contribution in [1.82, 2.24) is 23.6 Å². The van der Waals surface area contributed by atoms with Crippen LogP contribution in [0.5, 0.6) is 0 Å². The van der Waals surface area contributed by atoms with Gasteiger partial charge < -0.3 is 4.57 Å². The van der Waals surface area contributed by atoms with E-state index >= 15 is 0 Å². The number of rotatable bonds is 3. The molecule has 0 atom stereocenters. The molecule has 12 heteroatoms. The highest BCUT2D eigenvalue weighted by Crippen LogP contribution is 2.41. The van der Waals surface area contributed by atoms with Crippen LogP contribution in [0, 0.1) is 0 Å². The molecule has 4 heterocycles. The summed E-state index contributed by atoms with van der Waals surface area (Å²) >= 11 is 6.03. The number of imidazole rings is 1. The third kappa shape index (κ3) is 3.57. The number of fused-ring (bicyclic) bond motifs is 1. The van der Waals surface area contributed by atoms with Crippen molar-refractivity contribution in [2.24, 2.45) is 7.05 Å². The van der Waals surface area contributed by atoms with Crippen molar-refractivity contribution in [2.45, 2.75) is 55.6 Å². The van der Waals surface area contributed by atoms with E-state index in [1.165, 1.54) is 22.2 Å². The first-order valence-corrected chi connectivity index (χ1v) is 11.3. The van der Waals surface area contributed by atoms with Gasteiger partial charge in [-0.1, -0.05) is 11.6 Å². The van der Waals surface area contributed by atoms with Gasteiger partial charge >= 0.3 is 6.18 Å². The zero-order valence-electron chi connectivity index (χ0n) is 15.8. The van der Waals surface area contributed by atoms with Crippen molar-refractivity contribution < 1.29 is 21.6 Å². The first-order chi connectivity index (χ1) is 13.6. The van der Waals surface area contributed by atoms with Crippen molar-refractivity contribution in [3.63, 3.8) is 0 Å². The van der Waals surface area contributed by atoms with E-state index in [1.54, 1.807) is 4.57 Å². The van der Waals surface area contributed by atoms with Crippen molar-refractivity contribution in [1.29, 1.82) is 0 Å². The van der Waals surface area contributed by atoms with Crippen LogP contribution in [0.4, 0.5) is 13.2 Å². The minimum atomic E-state index is -4.52. The lowest BCUT2D eigenvalue weighted by Crippen LogP contribution is -2.38. The normalized spacial score (nSPS) is 19.5. The van der Waals surface area contributed by atoms with Gasteiger partial charge in [-0.25, -0.2) is 13.4 Å². The minimum absolute atomic E-state index is 0.0105. The quantitative estimate of drug-likeness (QED) is 0.718. The molecule has 4 rings (SSSR count). The van der Waals surface area contributed by atoms with Crippen molar-refractivity contribution in [3.8, 4) is 0 Å². The lowest BCUT2D eigenvalue weighted by Gasteiger charge is -2.32. The number of nitrogens with zero attached hydrogens (tertiary/aromatic N) is 5. The fourth-order valence-corrected chi connectivity index (χ4v) is 6.09. The maximum atomic E-state index is 13.6. The van der Waals surface area contributed by atoms with Gasteiger partial charge in [-0.3, -0.25) is 4.68 Å². The third-order valence-corrected chi connectivity index (χ3v) is 8.14. The SMILES string of the molecule is Cn1ncc(S(=O)(=O)N2CCC(c3c(C(F)(F)F)nc4n3CCCC4)CC2)c1Cl. The molecule has 29 heavy (non-hydrogen) atoms. The number of hydrogen-bond acceptors (Lipinski definition) is 4. The molecule has 160 valence electrons. The largest absolute Gasteiger partial charge is 0.435 e. The van der Waals surface area contributed by atoms with Crippen LogP contribution in [-0.4, -0.2) is 45.1 Å². The molecule has 0 amide bonds. The second-order valence-corrected chi connectivity index (χ2v) is 9.73. The number of alkyl halides is 3. The third-order valence-electron chi connectivity index (χ3n) is 5.68. The predicted molar refractivity (Wildman–Crippen MR) is 99.1 cm³/mol. The molecule has 0 aliphatic carbocycles. The average Bonchev–Trinajstić information content (AvgIpc) is 3.23. The van der Waals surface area contributed by atoms with E-state index in [0.29, 0.717) is 31.6 Å². The predicted octanol–water partition coefficient (Wildman–Crippen LogP) is 3.19. The van der Waals surface area contributed by atoms with Crippen LogP contribution in [0.2, 0.25) is 5.15 Å². The van der Waals surface area contributed by atoms with Crippen LogP contribution in [0.3, 0.4) is 0 Å². The van der Waals surface area contributed by atoms with Gasteiger partial charge in [0.25, 0.3) is 0 Å². The molecule has 0 saturated carbocycles. The molecule has 2 aliphatic rings. The Kier molecular flexibility index (Phi) is 5.19. The first kappa shape index (κ1) is 20.7. The molecule has 0 aromatic carbocycles. The summed E-state index contributed by atoms with van der Waals surface area (Å²) in [5.74, 6) is 0.0950. The Balaban J connectivity index is 1.59. The molecule has 0 bridgehead atoms. The van der Waals surface area contributed by atoms with Gasteiger partial charge in [-0.15, -0.1) is 0 Å². The summed E-state index contributed by atoms with van der Waals surface area (Å²) in [6, 6.07) is 0. The Morgan fingerprint density at radius 2 is 1.86 bits per heavy atom. The summed E-state index contributed by atoms with van der Waals surface area (Å²) < 4.78 is 70.8. The van der Waals surface area contributed by atoms with Crippen LogP contribution < -0.4 is 0 Å². The Bertz CT molecular complexity index is 1020. The fourth-order valence-electron chi connectivity index (χ4n) is 4.21. The summed E-state index contributed by atoms with van der Waals surface area (Å²) in [6.07, 6.45) is -0.547. The lowest BCUT2D eigenvalue weighted by molar-refractivity contribution is -0.142. The smallest absolute Gasteiger partial charge is 0.331 e. The van der Waals surface area contributed by atoms with Gasteiger partial charge in [0.1, 0.15) is 15.9 Å². The van der Waals surface area contributed by atoms with Gasteiger partial charge in [-0.05, 0) is 25.7 Å². The molecular formula is C17H21ClF3N5O2S. The Morgan fingerprint density at radius 1 is 1.17 bits per heavy atom. The standard InChI is InChI=1S/C17H21ClF3N5O2S/c1-24-16(18)12(10-22-24)29(27,28)25-8-5-11(6-9-25)14-15(17(19,20)21)23-13-4-2-3-7-26(13)14/h10-11H,2-9H2,1H3. The number of hydrogen-bond donors (Lipinski definition) is 0. The van der Waals surface area contributed by atoms with Crippen molar-refractivity contribution in [3.05, 3.63) is 28.6 Å². The molecule has 1 fully saturated rings. The molecule has 2 aliphatic heterocycles. The van der Waals surface area contributed by atoms with Gasteiger partial charge in [0.2, 0.25) is 10.0 Å². The Morgan fingerprint density at radius 3 is 2.45 bits per heavy atom. The molecule has 0 spiro atoms. The van der Waals surface area contributed by atoms with Gasteiger partial charge in [0.15, 0.2) is 5.69 Å². The van der Waals surface area contributed by atoms with Gasteiger partial charge in [0.05, 0.1) is 11.9 Å². The van der Waals surface area contributed by atoms with Crippen LogP contribution >= 0.6 is 11.6 Å². The maximum Gasteiger partial charge on any atom is 0.435 e. The van der Waals surface area contributed by atoms with Crippen LogP contribution in [0.25, 0.3) is 0 Å². The fraction of sp³-hybridized carbons (Fsp3) is 0.647. The number of aromatic nitrogens is 4. The van der Waals surface area contributed by atoms with E-state index in [0.717, 1.165) is 12.8 Å².